The molecule has 3 aliphatic rings. The second-order valence-corrected chi connectivity index (χ2v) is 16.1. The van der Waals surface area contributed by atoms with Gasteiger partial charge in [-0.2, -0.15) is 8.42 Å². The fourth-order valence-electron chi connectivity index (χ4n) is 5.60. The molecule has 244 valence electrons. The zero-order valence-electron chi connectivity index (χ0n) is 25.7. The Morgan fingerprint density at radius 3 is 1.27 bits per heavy atom. The van der Waals surface area contributed by atoms with E-state index in [0.29, 0.717) is 43.5 Å². The molecule has 3 aliphatic heterocycles. The Bertz CT molecular complexity index is 1310. The first-order chi connectivity index (χ1) is 21.9. The lowest BCUT2D eigenvalue weighted by Gasteiger charge is -2.35. The highest BCUT2D eigenvalue weighted by Gasteiger charge is 2.43. The molecule has 45 heavy (non-hydrogen) atoms. The third-order valence-corrected chi connectivity index (χ3v) is 13.4. The highest BCUT2D eigenvalue weighted by Crippen LogP contribution is 2.68. The summed E-state index contributed by atoms with van der Waals surface area (Å²) < 4.78 is 67.5. The first-order valence-electron chi connectivity index (χ1n) is 15.9. The van der Waals surface area contributed by atoms with Crippen LogP contribution in [0, 0.1) is 0 Å². The summed E-state index contributed by atoms with van der Waals surface area (Å²) in [4.78, 5) is 2.30. The van der Waals surface area contributed by atoms with Gasteiger partial charge in [-0.15, -0.1) is 0 Å². The molecule has 0 amide bonds. The van der Waals surface area contributed by atoms with Crippen LogP contribution in [0.5, 0.6) is 17.2 Å². The van der Waals surface area contributed by atoms with Crippen LogP contribution < -0.4 is 14.2 Å². The number of benzene rings is 3. The molecule has 0 aliphatic carbocycles. The molecule has 3 atom stereocenters. The smallest absolute Gasteiger partial charge is 0.390 e. The molecule has 3 aromatic rings. The van der Waals surface area contributed by atoms with E-state index in [9.17, 15) is 8.42 Å². The monoisotopic (exact) mass is 659 g/mol. The van der Waals surface area contributed by atoms with E-state index in [4.69, 9.17) is 32.1 Å². The van der Waals surface area contributed by atoms with Crippen LogP contribution >= 0.6 is 10.3 Å². The predicted molar refractivity (Wildman–Crippen MR) is 172 cm³/mol. The third-order valence-electron chi connectivity index (χ3n) is 7.94. The third kappa shape index (κ3) is 7.96. The molecule has 11 heteroatoms. The summed E-state index contributed by atoms with van der Waals surface area (Å²) in [5, 5.41) is 0. The number of rotatable bonds is 14. The summed E-state index contributed by atoms with van der Waals surface area (Å²) in [5.41, 5.74) is 0. The summed E-state index contributed by atoms with van der Waals surface area (Å²) in [5.74, 6) is 1.95. The predicted octanol–water partition coefficient (Wildman–Crippen LogP) is 7.65. The van der Waals surface area contributed by atoms with Crippen LogP contribution in [0.3, 0.4) is 0 Å². The van der Waals surface area contributed by atoms with E-state index in [1.165, 1.54) is 0 Å². The normalized spacial score (nSPS) is 23.8. The van der Waals surface area contributed by atoms with Gasteiger partial charge in [0.1, 0.15) is 23.0 Å². The molecule has 3 saturated heterocycles. The zero-order chi connectivity index (χ0) is 31.1. The fraction of sp³-hybridized carbons (Fsp3) is 0.471. The van der Waals surface area contributed by atoms with Gasteiger partial charge in [0, 0.05) is 19.3 Å². The molecule has 0 spiro atoms. The van der Waals surface area contributed by atoms with Gasteiger partial charge < -0.3 is 28.4 Å². The van der Waals surface area contributed by atoms with E-state index in [2.05, 4.69) is 0 Å². The number of ether oxygens (including phenoxy) is 6. The summed E-state index contributed by atoms with van der Waals surface area (Å²) >= 11 is 0. The number of unbranched alkanes of at least 4 members (excludes halogenated alkanes) is 1. The molecule has 1 N–H and O–H groups in total. The highest BCUT2D eigenvalue weighted by molar-refractivity contribution is 8.32. The Morgan fingerprint density at radius 2 is 0.978 bits per heavy atom. The van der Waals surface area contributed by atoms with Crippen LogP contribution in [0.25, 0.3) is 0 Å². The second kappa shape index (κ2) is 14.7. The molecule has 6 rings (SSSR count). The van der Waals surface area contributed by atoms with Gasteiger partial charge in [0.25, 0.3) is 0 Å². The maximum absolute atomic E-state index is 13.7. The summed E-state index contributed by atoms with van der Waals surface area (Å²) in [6.45, 7) is 4.03. The van der Waals surface area contributed by atoms with Gasteiger partial charge in [0.2, 0.25) is 0 Å². The summed E-state index contributed by atoms with van der Waals surface area (Å²) in [7, 11) is -6.50. The van der Waals surface area contributed by atoms with Crippen molar-refractivity contribution in [2.45, 2.75) is 91.8 Å². The maximum atomic E-state index is 13.7. The van der Waals surface area contributed by atoms with E-state index >= 15 is 0 Å². The average molecular weight is 660 g/mol. The minimum atomic E-state index is -3.82. The van der Waals surface area contributed by atoms with Crippen molar-refractivity contribution < 1.29 is 40.5 Å². The number of hydrogen-bond acceptors (Lipinski definition) is 8. The van der Waals surface area contributed by atoms with Crippen LogP contribution in [-0.2, 0) is 24.3 Å². The first kappa shape index (κ1) is 32.2. The molecule has 3 fully saturated rings. The maximum Gasteiger partial charge on any atom is 0.390 e. The first-order valence-corrected chi connectivity index (χ1v) is 19.1. The van der Waals surface area contributed by atoms with E-state index in [1.807, 2.05) is 79.7 Å². The van der Waals surface area contributed by atoms with E-state index in [-0.39, 0.29) is 24.6 Å². The Morgan fingerprint density at radius 1 is 0.622 bits per heavy atom. The van der Waals surface area contributed by atoms with Crippen LogP contribution in [0.15, 0.2) is 87.5 Å². The molecular weight excluding hydrogens is 616 g/mol. The van der Waals surface area contributed by atoms with Crippen molar-refractivity contribution in [3.05, 3.63) is 72.8 Å². The van der Waals surface area contributed by atoms with Crippen molar-refractivity contribution in [1.82, 2.24) is 0 Å². The van der Waals surface area contributed by atoms with Gasteiger partial charge in [-0.25, -0.2) is 0 Å². The van der Waals surface area contributed by atoms with E-state index < -0.39 is 20.4 Å². The zero-order valence-corrected chi connectivity index (χ0v) is 27.3. The SMILES string of the molecule is CCCCS(=O)(=O)[OH+]S(c1ccc(OC2CCCO2)cc1)(c1ccc(OC2CCCO2)cc1)c1ccc(OC2CCCO2)cc1. The van der Waals surface area contributed by atoms with Crippen molar-refractivity contribution in [3.8, 4) is 17.2 Å². The molecule has 3 unspecified atom stereocenters. The largest absolute Gasteiger partial charge is 0.465 e. The minimum absolute atomic E-state index is 0.0289. The molecular formula is C34H43O9S2+. The van der Waals surface area contributed by atoms with Crippen LogP contribution in [0.2, 0.25) is 0 Å². The van der Waals surface area contributed by atoms with Gasteiger partial charge in [-0.1, -0.05) is 13.3 Å². The quantitative estimate of drug-likeness (QED) is 0.128. The lowest BCUT2D eigenvalue weighted by molar-refractivity contribution is -0.0393. The molecule has 0 bridgehead atoms. The Hall–Kier alpha value is -2.80. The fourth-order valence-corrected chi connectivity index (χ4v) is 11.3. The summed E-state index contributed by atoms with van der Waals surface area (Å²) in [6, 6.07) is 22.8. The lowest BCUT2D eigenvalue weighted by atomic mass is 10.3. The van der Waals surface area contributed by atoms with Gasteiger partial charge in [0.05, 0.1) is 44.8 Å². The Kier molecular flexibility index (Phi) is 10.5. The average Bonchev–Trinajstić information content (AvgIpc) is 3.86. The van der Waals surface area contributed by atoms with Crippen LogP contribution in [0.1, 0.15) is 58.3 Å². The van der Waals surface area contributed by atoms with E-state index in [0.717, 1.165) is 59.6 Å². The van der Waals surface area contributed by atoms with Gasteiger partial charge in [0.15, 0.2) is 18.9 Å². The van der Waals surface area contributed by atoms with Gasteiger partial charge in [-0.3, -0.25) is 3.63 Å². The van der Waals surface area contributed by atoms with Crippen molar-refractivity contribution in [1.29, 1.82) is 0 Å². The molecule has 9 nitrogen and oxygen atoms in total. The molecule has 0 radical (unpaired) electrons. The second-order valence-electron chi connectivity index (χ2n) is 11.4. The lowest BCUT2D eigenvalue weighted by Crippen LogP contribution is -2.21. The Balaban J connectivity index is 1.41. The molecule has 3 heterocycles. The van der Waals surface area contributed by atoms with Crippen molar-refractivity contribution in [2.24, 2.45) is 0 Å². The van der Waals surface area contributed by atoms with Crippen LogP contribution in [-0.4, -0.2) is 56.5 Å². The van der Waals surface area contributed by atoms with Gasteiger partial charge >= 0.3 is 10.1 Å². The standard InChI is InChI=1S/C34H42O9S2/c1-2-3-25-44(35,36)43-45(29-16-10-26(11-17-29)40-32-7-4-22-37-32,30-18-12-27(13-19-30)41-33-8-5-23-38-33)31-20-14-28(15-21-31)42-34-9-6-24-39-34/h10-21,32-34H,2-9,22-25H2,1H3/p+1. The van der Waals surface area contributed by atoms with Gasteiger partial charge in [-0.05, 0) is 98.5 Å². The molecule has 0 aromatic heterocycles. The summed E-state index contributed by atoms with van der Waals surface area (Å²) in [6.07, 6.45) is 5.83. The highest BCUT2D eigenvalue weighted by atomic mass is 32.3. The van der Waals surface area contributed by atoms with Crippen molar-refractivity contribution >= 4 is 20.4 Å². The van der Waals surface area contributed by atoms with E-state index in [1.54, 1.807) is 0 Å². The Labute approximate surface area is 267 Å². The topological polar surface area (TPSA) is 102 Å². The van der Waals surface area contributed by atoms with Crippen LogP contribution in [0.4, 0.5) is 0 Å². The number of hydrogen-bond donors (Lipinski definition) is 0. The minimum Gasteiger partial charge on any atom is -0.465 e. The molecule has 0 saturated carbocycles. The van der Waals surface area contributed by atoms with Crippen molar-refractivity contribution in [3.63, 3.8) is 0 Å². The van der Waals surface area contributed by atoms with Crippen molar-refractivity contribution in [2.75, 3.05) is 25.6 Å². The molecule has 3 aromatic carbocycles.